The summed E-state index contributed by atoms with van der Waals surface area (Å²) in [6.45, 7) is 0. The number of nitrogens with zero attached hydrogens (tertiary/aromatic N) is 1. The number of hydrogen-bond acceptors (Lipinski definition) is 3. The van der Waals surface area contributed by atoms with Crippen LogP contribution in [0.3, 0.4) is 0 Å². The average molecular weight is 195 g/mol. The molecule has 0 atom stereocenters. The van der Waals surface area contributed by atoms with Crippen LogP contribution in [0, 0.1) is 0 Å². The first-order valence-electron chi connectivity index (χ1n) is 4.15. The van der Waals surface area contributed by atoms with Crippen LogP contribution in [-0.2, 0) is 0 Å². The van der Waals surface area contributed by atoms with E-state index in [-0.39, 0.29) is 5.56 Å². The molecule has 0 radical (unpaired) electrons. The number of ether oxygens (including phenoxy) is 1. The van der Waals surface area contributed by atoms with Crippen molar-refractivity contribution in [3.05, 3.63) is 23.8 Å². The molecule has 0 bridgehead atoms. The topological polar surface area (TPSA) is 49.8 Å². The van der Waals surface area contributed by atoms with Gasteiger partial charge in [0.15, 0.2) is 5.75 Å². The first-order chi connectivity index (χ1) is 6.57. The van der Waals surface area contributed by atoms with Crippen LogP contribution in [0.1, 0.15) is 10.4 Å². The molecule has 76 valence electrons. The summed E-state index contributed by atoms with van der Waals surface area (Å²) in [5.74, 6) is -0.587. The van der Waals surface area contributed by atoms with Crippen molar-refractivity contribution in [3.8, 4) is 5.75 Å². The first-order valence-corrected chi connectivity index (χ1v) is 4.15. The highest BCUT2D eigenvalue weighted by Gasteiger charge is 2.15. The Morgan fingerprint density at radius 1 is 1.43 bits per heavy atom. The number of anilines is 1. The average Bonchev–Trinajstić information content (AvgIpc) is 2.16. The number of rotatable bonds is 3. The zero-order valence-electron chi connectivity index (χ0n) is 8.44. The molecule has 1 aromatic rings. The van der Waals surface area contributed by atoms with Gasteiger partial charge in [-0.3, -0.25) is 0 Å². The van der Waals surface area contributed by atoms with Gasteiger partial charge < -0.3 is 14.7 Å². The van der Waals surface area contributed by atoms with Crippen LogP contribution in [0.5, 0.6) is 5.75 Å². The van der Waals surface area contributed by atoms with Crippen LogP contribution < -0.4 is 9.64 Å². The van der Waals surface area contributed by atoms with E-state index in [0.29, 0.717) is 5.75 Å². The monoisotopic (exact) mass is 195 g/mol. The van der Waals surface area contributed by atoms with Crippen molar-refractivity contribution < 1.29 is 14.6 Å². The number of benzene rings is 1. The predicted octanol–water partition coefficient (Wildman–Crippen LogP) is 1.46. The minimum absolute atomic E-state index is 0.179. The molecule has 4 nitrogen and oxygen atoms in total. The summed E-state index contributed by atoms with van der Waals surface area (Å²) in [6, 6.07) is 5.03. The van der Waals surface area contributed by atoms with Crippen LogP contribution in [0.4, 0.5) is 5.69 Å². The second kappa shape index (κ2) is 4.00. The number of aromatic carboxylic acids is 1. The molecule has 1 rings (SSSR count). The minimum Gasteiger partial charge on any atom is -0.494 e. The van der Waals surface area contributed by atoms with Crippen molar-refractivity contribution in [3.63, 3.8) is 0 Å². The standard InChI is InChI=1S/C10H13NO3/c1-11(2)8-6-4-5-7(10(12)13)9(8)14-3/h4-6H,1-3H3,(H,12,13). The quantitative estimate of drug-likeness (QED) is 0.793. The summed E-state index contributed by atoms with van der Waals surface area (Å²) in [5.41, 5.74) is 0.936. The van der Waals surface area contributed by atoms with Crippen LogP contribution >= 0.6 is 0 Å². The number of carboxylic acids is 1. The molecule has 1 N–H and O–H groups in total. The van der Waals surface area contributed by atoms with Gasteiger partial charge in [0.05, 0.1) is 12.8 Å². The van der Waals surface area contributed by atoms with E-state index in [0.717, 1.165) is 5.69 Å². The van der Waals surface area contributed by atoms with E-state index in [1.54, 1.807) is 6.07 Å². The van der Waals surface area contributed by atoms with E-state index >= 15 is 0 Å². The number of carbonyl (C=O) groups is 1. The van der Waals surface area contributed by atoms with Crippen molar-refractivity contribution in [2.75, 3.05) is 26.1 Å². The third-order valence-corrected chi connectivity index (χ3v) is 1.91. The fourth-order valence-electron chi connectivity index (χ4n) is 1.26. The predicted molar refractivity (Wildman–Crippen MR) is 54.3 cm³/mol. The summed E-state index contributed by atoms with van der Waals surface area (Å²) in [4.78, 5) is 12.7. The molecule has 0 amide bonds. The molecular weight excluding hydrogens is 182 g/mol. The maximum atomic E-state index is 10.9. The molecule has 0 saturated heterocycles. The molecule has 0 spiro atoms. The zero-order chi connectivity index (χ0) is 10.7. The van der Waals surface area contributed by atoms with Gasteiger partial charge in [0.1, 0.15) is 5.56 Å². The molecular formula is C10H13NO3. The van der Waals surface area contributed by atoms with Crippen LogP contribution in [0.2, 0.25) is 0 Å². The van der Waals surface area contributed by atoms with Gasteiger partial charge in [-0.25, -0.2) is 4.79 Å². The number of para-hydroxylation sites is 1. The molecule has 0 aliphatic heterocycles. The highest BCUT2D eigenvalue weighted by molar-refractivity contribution is 5.93. The normalized spacial score (nSPS) is 9.64. The van der Waals surface area contributed by atoms with E-state index in [4.69, 9.17) is 9.84 Å². The number of hydrogen-bond donors (Lipinski definition) is 1. The SMILES string of the molecule is COc1c(C(=O)O)cccc1N(C)C. The molecule has 1 aromatic carbocycles. The van der Waals surface area contributed by atoms with Gasteiger partial charge in [-0.05, 0) is 12.1 Å². The van der Waals surface area contributed by atoms with E-state index in [9.17, 15) is 4.79 Å². The largest absolute Gasteiger partial charge is 0.494 e. The fraction of sp³-hybridized carbons (Fsp3) is 0.300. The van der Waals surface area contributed by atoms with Crippen molar-refractivity contribution >= 4 is 11.7 Å². The van der Waals surface area contributed by atoms with Gasteiger partial charge in [-0.2, -0.15) is 0 Å². The highest BCUT2D eigenvalue weighted by Crippen LogP contribution is 2.30. The Balaban J connectivity index is 3.32. The van der Waals surface area contributed by atoms with Crippen molar-refractivity contribution in [1.29, 1.82) is 0 Å². The third-order valence-electron chi connectivity index (χ3n) is 1.91. The summed E-state index contributed by atoms with van der Waals surface area (Å²) in [5, 5.41) is 8.90. The molecule has 14 heavy (non-hydrogen) atoms. The molecule has 0 saturated carbocycles. The maximum Gasteiger partial charge on any atom is 0.339 e. The lowest BCUT2D eigenvalue weighted by atomic mass is 10.1. The van der Waals surface area contributed by atoms with Crippen molar-refractivity contribution in [2.24, 2.45) is 0 Å². The van der Waals surface area contributed by atoms with E-state index in [2.05, 4.69) is 0 Å². The Morgan fingerprint density at radius 2 is 2.07 bits per heavy atom. The lowest BCUT2D eigenvalue weighted by Crippen LogP contribution is -2.12. The second-order valence-corrected chi connectivity index (χ2v) is 3.06. The molecule has 0 aliphatic carbocycles. The second-order valence-electron chi connectivity index (χ2n) is 3.06. The zero-order valence-corrected chi connectivity index (χ0v) is 8.44. The van der Waals surface area contributed by atoms with Gasteiger partial charge in [0.2, 0.25) is 0 Å². The van der Waals surface area contributed by atoms with Crippen molar-refractivity contribution in [2.45, 2.75) is 0 Å². The van der Waals surface area contributed by atoms with Crippen LogP contribution in [0.15, 0.2) is 18.2 Å². The third kappa shape index (κ3) is 1.79. The summed E-state index contributed by atoms with van der Waals surface area (Å²) in [7, 11) is 5.14. The van der Waals surface area contributed by atoms with Gasteiger partial charge in [-0.15, -0.1) is 0 Å². The highest BCUT2D eigenvalue weighted by atomic mass is 16.5. The minimum atomic E-state index is -0.981. The van der Waals surface area contributed by atoms with E-state index in [1.807, 2.05) is 25.1 Å². The van der Waals surface area contributed by atoms with Gasteiger partial charge >= 0.3 is 5.97 Å². The van der Waals surface area contributed by atoms with Gasteiger partial charge in [0.25, 0.3) is 0 Å². The molecule has 0 heterocycles. The fourth-order valence-corrected chi connectivity index (χ4v) is 1.26. The van der Waals surface area contributed by atoms with E-state index in [1.165, 1.54) is 13.2 Å². The number of carboxylic acid groups (broad SMARTS) is 1. The smallest absolute Gasteiger partial charge is 0.339 e. The molecule has 0 unspecified atom stereocenters. The Labute approximate surface area is 82.7 Å². The molecule has 0 aromatic heterocycles. The summed E-state index contributed by atoms with van der Waals surface area (Å²) in [6.07, 6.45) is 0. The Bertz CT molecular complexity index is 347. The molecule has 4 heteroatoms. The van der Waals surface area contributed by atoms with Gasteiger partial charge in [0, 0.05) is 14.1 Å². The lowest BCUT2D eigenvalue weighted by molar-refractivity contribution is 0.0693. The number of methoxy groups -OCH3 is 1. The Morgan fingerprint density at radius 3 is 2.50 bits per heavy atom. The molecule has 0 fully saturated rings. The summed E-state index contributed by atoms with van der Waals surface area (Å²) >= 11 is 0. The van der Waals surface area contributed by atoms with Crippen LogP contribution in [0.25, 0.3) is 0 Å². The maximum absolute atomic E-state index is 10.9. The Hall–Kier alpha value is -1.71. The Kier molecular flexibility index (Phi) is 2.96. The first kappa shape index (κ1) is 10.4. The lowest BCUT2D eigenvalue weighted by Gasteiger charge is -2.17. The molecule has 0 aliphatic rings. The van der Waals surface area contributed by atoms with E-state index < -0.39 is 5.97 Å². The van der Waals surface area contributed by atoms with Crippen LogP contribution in [-0.4, -0.2) is 32.3 Å². The summed E-state index contributed by atoms with van der Waals surface area (Å²) < 4.78 is 5.08. The van der Waals surface area contributed by atoms with Gasteiger partial charge in [-0.1, -0.05) is 6.07 Å². The van der Waals surface area contributed by atoms with Crippen molar-refractivity contribution in [1.82, 2.24) is 0 Å².